The number of ether oxygens (including phenoxy) is 1. The molecule has 9 nitrogen and oxygen atoms in total. The fourth-order valence-electron chi connectivity index (χ4n) is 3.88. The molecule has 3 rings (SSSR count). The largest absolute Gasteiger partial charge is 0.495 e. The Bertz CT molecular complexity index is 1260. The number of carbonyl (C=O) groups excluding carboxylic acids is 1. The van der Waals surface area contributed by atoms with Crippen molar-refractivity contribution >= 4 is 43.2 Å². The third-order valence-corrected chi connectivity index (χ3v) is 9.03. The van der Waals surface area contributed by atoms with Gasteiger partial charge in [0, 0.05) is 31.2 Å². The molecular weight excluding hydrogens is 502 g/mol. The summed E-state index contributed by atoms with van der Waals surface area (Å²) in [6.45, 7) is 3.85. The minimum atomic E-state index is -3.88. The standard InChI is InChI=1S/C22H28ClN3O6S2/c1-16-5-8-19(9-6-16)34(30,31)25-13-11-24(12-14-25)22(27)17(2)26(33(4,28)29)20-15-18(23)7-10-21(20)32-3/h5-10,15,17H,11-14H2,1-4H3/t17-/m1/s1. The Hall–Kier alpha value is -2.34. The molecule has 34 heavy (non-hydrogen) atoms. The molecule has 0 bridgehead atoms. The molecule has 1 amide bonds. The number of aryl methyl sites for hydroxylation is 1. The monoisotopic (exact) mass is 529 g/mol. The Morgan fingerprint density at radius 1 is 1.03 bits per heavy atom. The molecule has 2 aromatic carbocycles. The molecule has 0 aromatic heterocycles. The molecule has 1 aliphatic heterocycles. The van der Waals surface area contributed by atoms with Gasteiger partial charge in [-0.2, -0.15) is 4.31 Å². The molecule has 12 heteroatoms. The second-order valence-electron chi connectivity index (χ2n) is 8.09. The van der Waals surface area contributed by atoms with Crippen LogP contribution in [0.3, 0.4) is 0 Å². The van der Waals surface area contributed by atoms with Crippen molar-refractivity contribution in [2.45, 2.75) is 24.8 Å². The summed E-state index contributed by atoms with van der Waals surface area (Å²) in [6.07, 6.45) is 1.00. The maximum absolute atomic E-state index is 13.3. The Labute approximate surface area is 206 Å². The summed E-state index contributed by atoms with van der Waals surface area (Å²) in [5, 5.41) is 0.291. The van der Waals surface area contributed by atoms with Crippen LogP contribution >= 0.6 is 11.6 Å². The topological polar surface area (TPSA) is 104 Å². The molecule has 0 spiro atoms. The third-order valence-electron chi connectivity index (χ3n) is 5.65. The number of amides is 1. The highest BCUT2D eigenvalue weighted by Crippen LogP contribution is 2.34. The van der Waals surface area contributed by atoms with Crippen LogP contribution in [0.5, 0.6) is 5.75 Å². The number of hydrogen-bond donors (Lipinski definition) is 0. The van der Waals surface area contributed by atoms with E-state index in [1.54, 1.807) is 30.3 Å². The van der Waals surface area contributed by atoms with Crippen LogP contribution in [0.15, 0.2) is 47.4 Å². The summed E-state index contributed by atoms with van der Waals surface area (Å²) in [5.41, 5.74) is 1.11. The Morgan fingerprint density at radius 2 is 1.62 bits per heavy atom. The highest BCUT2D eigenvalue weighted by atomic mass is 35.5. The normalized spacial score (nSPS) is 16.2. The number of nitrogens with zero attached hydrogens (tertiary/aromatic N) is 3. The van der Waals surface area contributed by atoms with Crippen molar-refractivity contribution in [3.63, 3.8) is 0 Å². The van der Waals surface area contributed by atoms with Crippen LogP contribution in [0.25, 0.3) is 0 Å². The van der Waals surface area contributed by atoms with Gasteiger partial charge in [-0.15, -0.1) is 0 Å². The number of carbonyl (C=O) groups is 1. The predicted octanol–water partition coefficient (Wildman–Crippen LogP) is 2.34. The van der Waals surface area contributed by atoms with Gasteiger partial charge < -0.3 is 9.64 Å². The maximum Gasteiger partial charge on any atom is 0.246 e. The van der Waals surface area contributed by atoms with Gasteiger partial charge in [0.05, 0.1) is 23.9 Å². The molecule has 0 radical (unpaired) electrons. The minimum absolute atomic E-state index is 0.105. The van der Waals surface area contributed by atoms with Gasteiger partial charge in [-0.1, -0.05) is 29.3 Å². The summed E-state index contributed by atoms with van der Waals surface area (Å²) < 4.78 is 58.8. The number of rotatable bonds is 7. The molecular formula is C22H28ClN3O6S2. The molecule has 0 N–H and O–H groups in total. The first-order chi connectivity index (χ1) is 15.9. The van der Waals surface area contributed by atoms with E-state index in [0.29, 0.717) is 5.02 Å². The summed E-state index contributed by atoms with van der Waals surface area (Å²) >= 11 is 6.08. The first-order valence-corrected chi connectivity index (χ1v) is 14.2. The molecule has 0 unspecified atom stereocenters. The van der Waals surface area contributed by atoms with Crippen molar-refractivity contribution in [3.8, 4) is 5.75 Å². The van der Waals surface area contributed by atoms with Crippen LogP contribution in [0, 0.1) is 6.92 Å². The van der Waals surface area contributed by atoms with Crippen LogP contribution in [0.2, 0.25) is 5.02 Å². The summed E-state index contributed by atoms with van der Waals surface area (Å²) in [5.74, 6) is -0.191. The number of benzene rings is 2. The van der Waals surface area contributed by atoms with Gasteiger partial charge in [-0.3, -0.25) is 9.10 Å². The van der Waals surface area contributed by atoms with Crippen molar-refractivity contribution in [2.75, 3.05) is 43.8 Å². The summed E-state index contributed by atoms with van der Waals surface area (Å²) in [7, 11) is -6.17. The van der Waals surface area contributed by atoms with E-state index >= 15 is 0 Å². The summed E-state index contributed by atoms with van der Waals surface area (Å²) in [6, 6.07) is 10.0. The van der Waals surface area contributed by atoms with Crippen LogP contribution in [0.1, 0.15) is 12.5 Å². The quantitative estimate of drug-likeness (QED) is 0.545. The molecule has 186 valence electrons. The van der Waals surface area contributed by atoms with E-state index in [0.717, 1.165) is 16.1 Å². The van der Waals surface area contributed by atoms with Gasteiger partial charge >= 0.3 is 0 Å². The molecule has 1 atom stereocenters. The average molecular weight is 530 g/mol. The van der Waals surface area contributed by atoms with Crippen LogP contribution in [0.4, 0.5) is 5.69 Å². The molecule has 1 heterocycles. The van der Waals surface area contributed by atoms with E-state index in [-0.39, 0.29) is 42.5 Å². The Morgan fingerprint density at radius 3 is 2.15 bits per heavy atom. The first kappa shape index (κ1) is 26.3. The number of methoxy groups -OCH3 is 1. The number of hydrogen-bond acceptors (Lipinski definition) is 6. The number of anilines is 1. The van der Waals surface area contributed by atoms with Crippen molar-refractivity contribution in [1.82, 2.24) is 9.21 Å². The van der Waals surface area contributed by atoms with E-state index in [1.165, 1.54) is 35.4 Å². The zero-order valence-corrected chi connectivity index (χ0v) is 21.8. The molecule has 1 aliphatic rings. The maximum atomic E-state index is 13.3. The lowest BCUT2D eigenvalue weighted by molar-refractivity contribution is -0.133. The smallest absolute Gasteiger partial charge is 0.246 e. The van der Waals surface area contributed by atoms with Crippen LogP contribution < -0.4 is 9.04 Å². The SMILES string of the molecule is COc1ccc(Cl)cc1N([C@H](C)C(=O)N1CCN(S(=O)(=O)c2ccc(C)cc2)CC1)S(C)(=O)=O. The summed E-state index contributed by atoms with van der Waals surface area (Å²) in [4.78, 5) is 15.0. The Kier molecular flexibility index (Phi) is 7.81. The highest BCUT2D eigenvalue weighted by molar-refractivity contribution is 7.92. The fraction of sp³-hybridized carbons (Fsp3) is 0.409. The van der Waals surface area contributed by atoms with Crippen molar-refractivity contribution in [3.05, 3.63) is 53.1 Å². The van der Waals surface area contributed by atoms with E-state index in [9.17, 15) is 21.6 Å². The minimum Gasteiger partial charge on any atom is -0.495 e. The van der Waals surface area contributed by atoms with E-state index in [1.807, 2.05) is 6.92 Å². The number of piperazine rings is 1. The average Bonchev–Trinajstić information content (AvgIpc) is 2.78. The van der Waals surface area contributed by atoms with Gasteiger partial charge in [0.15, 0.2) is 0 Å². The number of sulfonamides is 2. The predicted molar refractivity (Wildman–Crippen MR) is 131 cm³/mol. The molecule has 2 aromatic rings. The lowest BCUT2D eigenvalue weighted by Crippen LogP contribution is -2.56. The van der Waals surface area contributed by atoms with Crippen molar-refractivity contribution in [2.24, 2.45) is 0 Å². The molecule has 1 fully saturated rings. The lowest BCUT2D eigenvalue weighted by atomic mass is 10.2. The zero-order valence-electron chi connectivity index (χ0n) is 19.4. The highest BCUT2D eigenvalue weighted by Gasteiger charge is 2.36. The second kappa shape index (κ2) is 10.1. The zero-order chi connectivity index (χ0) is 25.3. The molecule has 0 aliphatic carbocycles. The molecule has 0 saturated carbocycles. The molecule has 1 saturated heterocycles. The van der Waals surface area contributed by atoms with Gasteiger partial charge in [0.1, 0.15) is 11.8 Å². The van der Waals surface area contributed by atoms with Crippen molar-refractivity contribution < 1.29 is 26.4 Å². The van der Waals surface area contributed by atoms with E-state index in [2.05, 4.69) is 0 Å². The van der Waals surface area contributed by atoms with Gasteiger partial charge in [0.2, 0.25) is 26.0 Å². The van der Waals surface area contributed by atoms with Gasteiger partial charge in [-0.05, 0) is 44.2 Å². The van der Waals surface area contributed by atoms with Gasteiger partial charge in [-0.25, -0.2) is 16.8 Å². The Balaban J connectivity index is 1.79. The second-order valence-corrected chi connectivity index (χ2v) is 12.3. The van der Waals surface area contributed by atoms with E-state index in [4.69, 9.17) is 16.3 Å². The first-order valence-electron chi connectivity index (χ1n) is 10.5. The van der Waals surface area contributed by atoms with E-state index < -0.39 is 32.0 Å². The number of halogens is 1. The van der Waals surface area contributed by atoms with Crippen LogP contribution in [-0.2, 0) is 24.8 Å². The van der Waals surface area contributed by atoms with Gasteiger partial charge in [0.25, 0.3) is 0 Å². The lowest BCUT2D eigenvalue weighted by Gasteiger charge is -2.37. The fourth-order valence-corrected chi connectivity index (χ4v) is 6.64. The van der Waals surface area contributed by atoms with Crippen LogP contribution in [-0.4, -0.2) is 77.5 Å². The van der Waals surface area contributed by atoms with Crippen molar-refractivity contribution in [1.29, 1.82) is 0 Å². The third kappa shape index (κ3) is 5.48.